The summed E-state index contributed by atoms with van der Waals surface area (Å²) in [7, 11) is -3.58. The van der Waals surface area contributed by atoms with Gasteiger partial charge in [-0.3, -0.25) is 9.78 Å². The molecule has 0 fully saturated rings. The minimum Gasteiger partial charge on any atom is -0.346 e. The van der Waals surface area contributed by atoms with Gasteiger partial charge in [-0.25, -0.2) is 13.1 Å². The van der Waals surface area contributed by atoms with Crippen LogP contribution in [0.2, 0.25) is 0 Å². The third kappa shape index (κ3) is 5.74. The second kappa shape index (κ2) is 9.61. The molecule has 6 nitrogen and oxygen atoms in total. The van der Waals surface area contributed by atoms with Crippen LogP contribution in [0.15, 0.2) is 65.2 Å². The summed E-state index contributed by atoms with van der Waals surface area (Å²) in [5, 5.41) is 2.77. The standard InChI is InChI=1S/C21H25N3O3S/c25-21(23-16-19-8-4-5-14-22-19)18-9-11-20(12-10-18)28(26,27)24-15-13-17-6-2-1-3-7-17/h4-6,8-12,14,24H,1-3,7,13,15-16H2,(H,23,25). The Morgan fingerprint density at radius 3 is 2.57 bits per heavy atom. The lowest BCUT2D eigenvalue weighted by Gasteiger charge is -2.13. The topological polar surface area (TPSA) is 88.2 Å². The van der Waals surface area contributed by atoms with Gasteiger partial charge in [0.1, 0.15) is 0 Å². The molecular formula is C21H25N3O3S. The molecule has 0 atom stereocenters. The smallest absolute Gasteiger partial charge is 0.251 e. The molecule has 1 aliphatic carbocycles. The fourth-order valence-electron chi connectivity index (χ4n) is 3.12. The average molecular weight is 400 g/mol. The number of benzene rings is 1. The van der Waals surface area contributed by atoms with E-state index in [1.807, 2.05) is 18.2 Å². The van der Waals surface area contributed by atoms with Gasteiger partial charge in [0.2, 0.25) is 10.0 Å². The highest BCUT2D eigenvalue weighted by molar-refractivity contribution is 7.89. The molecule has 1 aromatic carbocycles. The van der Waals surface area contributed by atoms with E-state index in [2.05, 4.69) is 21.1 Å². The zero-order valence-corrected chi connectivity index (χ0v) is 16.5. The lowest BCUT2D eigenvalue weighted by molar-refractivity contribution is 0.0950. The van der Waals surface area contributed by atoms with Crippen LogP contribution in [0, 0.1) is 0 Å². The van der Waals surface area contributed by atoms with E-state index in [0.29, 0.717) is 18.7 Å². The van der Waals surface area contributed by atoms with Gasteiger partial charge in [0, 0.05) is 18.3 Å². The van der Waals surface area contributed by atoms with Crippen LogP contribution < -0.4 is 10.0 Å². The van der Waals surface area contributed by atoms with Gasteiger partial charge in [0.25, 0.3) is 5.91 Å². The Hall–Kier alpha value is -2.51. The van der Waals surface area contributed by atoms with Crippen LogP contribution in [-0.4, -0.2) is 25.9 Å². The van der Waals surface area contributed by atoms with Crippen molar-refractivity contribution in [1.82, 2.24) is 15.0 Å². The van der Waals surface area contributed by atoms with E-state index in [4.69, 9.17) is 0 Å². The fraction of sp³-hybridized carbons (Fsp3) is 0.333. The Balaban J connectivity index is 1.53. The maximum Gasteiger partial charge on any atom is 0.251 e. The van der Waals surface area contributed by atoms with Crippen LogP contribution >= 0.6 is 0 Å². The minimum absolute atomic E-state index is 0.159. The molecule has 2 N–H and O–H groups in total. The molecular weight excluding hydrogens is 374 g/mol. The molecule has 1 aliphatic rings. The molecule has 1 heterocycles. The number of aromatic nitrogens is 1. The van der Waals surface area contributed by atoms with E-state index < -0.39 is 10.0 Å². The van der Waals surface area contributed by atoms with Gasteiger partial charge in [0.05, 0.1) is 17.1 Å². The summed E-state index contributed by atoms with van der Waals surface area (Å²) < 4.78 is 27.5. The normalized spacial score (nSPS) is 14.4. The first kappa shape index (κ1) is 20.2. The molecule has 0 radical (unpaired) electrons. The largest absolute Gasteiger partial charge is 0.346 e. The van der Waals surface area contributed by atoms with Crippen molar-refractivity contribution < 1.29 is 13.2 Å². The first-order chi connectivity index (χ1) is 13.5. The third-order valence-corrected chi connectivity index (χ3v) is 6.18. The summed E-state index contributed by atoms with van der Waals surface area (Å²) in [6.07, 6.45) is 9.18. The van der Waals surface area contributed by atoms with Gasteiger partial charge >= 0.3 is 0 Å². The van der Waals surface area contributed by atoms with E-state index in [9.17, 15) is 13.2 Å². The van der Waals surface area contributed by atoms with Gasteiger partial charge < -0.3 is 5.32 Å². The van der Waals surface area contributed by atoms with Crippen molar-refractivity contribution in [3.05, 3.63) is 71.6 Å². The number of rotatable bonds is 8. The molecule has 28 heavy (non-hydrogen) atoms. The number of hydrogen-bond acceptors (Lipinski definition) is 4. The number of hydrogen-bond donors (Lipinski definition) is 2. The number of nitrogens with zero attached hydrogens (tertiary/aromatic N) is 1. The van der Waals surface area contributed by atoms with Crippen LogP contribution in [0.4, 0.5) is 0 Å². The molecule has 0 saturated heterocycles. The number of nitrogens with one attached hydrogen (secondary N) is 2. The second-order valence-electron chi connectivity index (χ2n) is 6.78. The number of carbonyl (C=O) groups is 1. The molecule has 1 aromatic heterocycles. The van der Waals surface area contributed by atoms with E-state index in [1.54, 1.807) is 6.20 Å². The zero-order chi connectivity index (χ0) is 19.8. The third-order valence-electron chi connectivity index (χ3n) is 4.71. The van der Waals surface area contributed by atoms with E-state index in [-0.39, 0.29) is 10.8 Å². The Bertz CT molecular complexity index is 923. The lowest BCUT2D eigenvalue weighted by atomic mass is 9.97. The van der Waals surface area contributed by atoms with Crippen molar-refractivity contribution in [1.29, 1.82) is 0 Å². The monoisotopic (exact) mass is 399 g/mol. The fourth-order valence-corrected chi connectivity index (χ4v) is 4.15. The van der Waals surface area contributed by atoms with Crippen molar-refractivity contribution in [2.24, 2.45) is 0 Å². The van der Waals surface area contributed by atoms with Crippen molar-refractivity contribution >= 4 is 15.9 Å². The molecule has 0 aliphatic heterocycles. The van der Waals surface area contributed by atoms with Crippen LogP contribution in [0.1, 0.15) is 48.2 Å². The molecule has 2 aromatic rings. The van der Waals surface area contributed by atoms with Crippen molar-refractivity contribution in [2.75, 3.05) is 6.54 Å². The number of sulfonamides is 1. The Morgan fingerprint density at radius 1 is 1.07 bits per heavy atom. The number of allylic oxidation sites excluding steroid dienone is 1. The van der Waals surface area contributed by atoms with Crippen LogP contribution in [0.5, 0.6) is 0 Å². The van der Waals surface area contributed by atoms with Gasteiger partial charge in [-0.1, -0.05) is 17.7 Å². The van der Waals surface area contributed by atoms with Crippen molar-refractivity contribution in [2.45, 2.75) is 43.5 Å². The predicted molar refractivity (Wildman–Crippen MR) is 108 cm³/mol. The van der Waals surface area contributed by atoms with Crippen LogP contribution in [-0.2, 0) is 16.6 Å². The minimum atomic E-state index is -3.58. The first-order valence-electron chi connectivity index (χ1n) is 9.50. The molecule has 0 spiro atoms. The number of pyridine rings is 1. The summed E-state index contributed by atoms with van der Waals surface area (Å²) in [6, 6.07) is 11.4. The quantitative estimate of drug-likeness (QED) is 0.668. The zero-order valence-electron chi connectivity index (χ0n) is 15.7. The highest BCUT2D eigenvalue weighted by Crippen LogP contribution is 2.20. The molecule has 0 unspecified atom stereocenters. The Morgan fingerprint density at radius 2 is 1.89 bits per heavy atom. The number of amides is 1. The van der Waals surface area contributed by atoms with E-state index in [0.717, 1.165) is 25.0 Å². The van der Waals surface area contributed by atoms with Gasteiger partial charge in [-0.15, -0.1) is 0 Å². The van der Waals surface area contributed by atoms with Crippen LogP contribution in [0.3, 0.4) is 0 Å². The second-order valence-corrected chi connectivity index (χ2v) is 8.55. The van der Waals surface area contributed by atoms with Crippen LogP contribution in [0.25, 0.3) is 0 Å². The molecule has 1 amide bonds. The Kier molecular flexibility index (Phi) is 6.95. The summed E-state index contributed by atoms with van der Waals surface area (Å²) in [5.74, 6) is -0.271. The molecule has 3 rings (SSSR count). The predicted octanol–water partition coefficient (Wildman–Crippen LogP) is 3.18. The Labute approximate surface area is 166 Å². The maximum absolute atomic E-state index is 12.4. The summed E-state index contributed by atoms with van der Waals surface area (Å²) in [5.41, 5.74) is 2.49. The van der Waals surface area contributed by atoms with E-state index in [1.165, 1.54) is 42.7 Å². The van der Waals surface area contributed by atoms with Crippen molar-refractivity contribution in [3.8, 4) is 0 Å². The molecule has 0 saturated carbocycles. The van der Waals surface area contributed by atoms with Crippen molar-refractivity contribution in [3.63, 3.8) is 0 Å². The summed E-state index contributed by atoms with van der Waals surface area (Å²) >= 11 is 0. The number of carbonyl (C=O) groups excluding carboxylic acids is 1. The van der Waals surface area contributed by atoms with Gasteiger partial charge in [0.15, 0.2) is 0 Å². The lowest BCUT2D eigenvalue weighted by Crippen LogP contribution is -2.26. The molecule has 7 heteroatoms. The molecule has 0 bridgehead atoms. The van der Waals surface area contributed by atoms with E-state index >= 15 is 0 Å². The van der Waals surface area contributed by atoms with Gasteiger partial charge in [-0.2, -0.15) is 0 Å². The summed E-state index contributed by atoms with van der Waals surface area (Å²) in [4.78, 5) is 16.5. The SMILES string of the molecule is O=C(NCc1ccccn1)c1ccc(S(=O)(=O)NCCC2=CCCCC2)cc1. The van der Waals surface area contributed by atoms with Gasteiger partial charge in [-0.05, 0) is 68.5 Å². The summed E-state index contributed by atoms with van der Waals surface area (Å²) in [6.45, 7) is 0.706. The first-order valence-corrected chi connectivity index (χ1v) is 11.0. The highest BCUT2D eigenvalue weighted by atomic mass is 32.2. The average Bonchev–Trinajstić information content (AvgIpc) is 2.73. The maximum atomic E-state index is 12.4. The molecule has 148 valence electrons. The highest BCUT2D eigenvalue weighted by Gasteiger charge is 2.15.